The molecule has 1 unspecified atom stereocenters. The van der Waals surface area contributed by atoms with Crippen LogP contribution in [0.1, 0.15) is 284 Å². The number of carbonyl (C=O) groups is 3. The Morgan fingerprint density at radius 3 is 0.875 bits per heavy atom. The van der Waals surface area contributed by atoms with E-state index in [1.807, 2.05) is 0 Å². The Morgan fingerprint density at radius 2 is 0.542 bits per heavy atom. The van der Waals surface area contributed by atoms with Gasteiger partial charge in [0.2, 0.25) is 0 Å². The molecule has 0 amide bonds. The van der Waals surface area contributed by atoms with Crippen LogP contribution in [0.25, 0.3) is 0 Å². The molecule has 0 saturated carbocycles. The third-order valence-corrected chi connectivity index (χ3v) is 12.8. The molecule has 0 aliphatic rings. The first-order valence-electron chi connectivity index (χ1n) is 30.2. The van der Waals surface area contributed by atoms with E-state index >= 15 is 0 Å². The fourth-order valence-electron chi connectivity index (χ4n) is 8.26. The Hall–Kier alpha value is -3.67. The van der Waals surface area contributed by atoms with Gasteiger partial charge in [-0.2, -0.15) is 0 Å². The van der Waals surface area contributed by atoms with E-state index < -0.39 is 6.10 Å². The van der Waals surface area contributed by atoms with Crippen molar-refractivity contribution >= 4 is 17.9 Å². The van der Waals surface area contributed by atoms with Gasteiger partial charge in [0.05, 0.1) is 0 Å². The third kappa shape index (κ3) is 57.2. The maximum absolute atomic E-state index is 12.9. The minimum absolute atomic E-state index is 0.0906. The van der Waals surface area contributed by atoms with Crippen molar-refractivity contribution in [3.8, 4) is 0 Å². The van der Waals surface area contributed by atoms with Gasteiger partial charge in [-0.1, -0.05) is 240 Å². The second-order valence-corrected chi connectivity index (χ2v) is 19.9. The number of allylic oxidation sites excluding steroid dienone is 16. The fourth-order valence-corrected chi connectivity index (χ4v) is 8.26. The zero-order chi connectivity index (χ0) is 52.2. The van der Waals surface area contributed by atoms with Gasteiger partial charge in [-0.15, -0.1) is 0 Å². The van der Waals surface area contributed by atoms with E-state index in [0.29, 0.717) is 19.3 Å². The molecule has 6 heteroatoms. The van der Waals surface area contributed by atoms with Gasteiger partial charge in [-0.05, 0) is 122 Å². The molecular weight excluding hydrogens is 889 g/mol. The minimum atomic E-state index is -0.794. The lowest BCUT2D eigenvalue weighted by Crippen LogP contribution is -2.30. The van der Waals surface area contributed by atoms with Gasteiger partial charge in [0.15, 0.2) is 6.10 Å². The van der Waals surface area contributed by atoms with Crippen LogP contribution in [-0.4, -0.2) is 37.2 Å². The van der Waals surface area contributed by atoms with Crippen LogP contribution < -0.4 is 0 Å². The molecule has 72 heavy (non-hydrogen) atoms. The first kappa shape index (κ1) is 68.3. The average Bonchev–Trinajstić information content (AvgIpc) is 3.38. The van der Waals surface area contributed by atoms with E-state index in [-0.39, 0.29) is 31.1 Å². The lowest BCUT2D eigenvalue weighted by Gasteiger charge is -2.18. The predicted octanol–water partition coefficient (Wildman–Crippen LogP) is 20.5. The summed E-state index contributed by atoms with van der Waals surface area (Å²) in [7, 11) is 0. The molecule has 412 valence electrons. The Balaban J connectivity index is 4.44. The van der Waals surface area contributed by atoms with E-state index in [9.17, 15) is 14.4 Å². The molecule has 0 aromatic rings. The number of unbranched alkanes of at least 4 members (excludes halogenated alkanes) is 27. The fraction of sp³-hybridized carbons (Fsp3) is 0.712. The Bertz CT molecular complexity index is 1430. The summed E-state index contributed by atoms with van der Waals surface area (Å²) >= 11 is 0. The van der Waals surface area contributed by atoms with Gasteiger partial charge >= 0.3 is 17.9 Å². The summed E-state index contributed by atoms with van der Waals surface area (Å²) in [6.07, 6.45) is 79.6. The number of rotatable bonds is 54. The highest BCUT2D eigenvalue weighted by Crippen LogP contribution is 2.15. The molecule has 0 bridgehead atoms. The molecule has 0 radical (unpaired) electrons. The zero-order valence-corrected chi connectivity index (χ0v) is 47.2. The van der Waals surface area contributed by atoms with E-state index in [4.69, 9.17) is 14.2 Å². The highest BCUT2D eigenvalue weighted by atomic mass is 16.6. The van der Waals surface area contributed by atoms with E-state index in [2.05, 4.69) is 118 Å². The van der Waals surface area contributed by atoms with Crippen LogP contribution in [0.4, 0.5) is 0 Å². The first-order chi connectivity index (χ1) is 35.5. The lowest BCUT2D eigenvalue weighted by molar-refractivity contribution is -0.167. The first-order valence-corrected chi connectivity index (χ1v) is 30.2. The minimum Gasteiger partial charge on any atom is -0.462 e. The highest BCUT2D eigenvalue weighted by Gasteiger charge is 2.19. The predicted molar refractivity (Wildman–Crippen MR) is 311 cm³/mol. The SMILES string of the molecule is CC/C=C\C/C=C\C/C=C\CCCCCCCCCC(=O)OCC(COC(=O)CCCCCCCC/C=C\C/C=C\C/C=C\CCCCC)OC(=O)CCCCCCCCC/C=C\C/C=C\CCCCCC. The summed E-state index contributed by atoms with van der Waals surface area (Å²) in [6.45, 7) is 6.48. The summed E-state index contributed by atoms with van der Waals surface area (Å²) in [5, 5.41) is 0. The van der Waals surface area contributed by atoms with Crippen molar-refractivity contribution in [1.29, 1.82) is 0 Å². The van der Waals surface area contributed by atoms with Crippen LogP contribution in [-0.2, 0) is 28.6 Å². The maximum Gasteiger partial charge on any atom is 0.306 e. The molecule has 0 rings (SSSR count). The smallest absolute Gasteiger partial charge is 0.306 e. The van der Waals surface area contributed by atoms with E-state index in [1.165, 1.54) is 128 Å². The molecule has 0 fully saturated rings. The zero-order valence-electron chi connectivity index (χ0n) is 47.2. The largest absolute Gasteiger partial charge is 0.462 e. The monoisotopic (exact) mass is 1000 g/mol. The molecule has 6 nitrogen and oxygen atoms in total. The number of ether oxygens (including phenoxy) is 3. The van der Waals surface area contributed by atoms with Gasteiger partial charge in [0.1, 0.15) is 13.2 Å². The van der Waals surface area contributed by atoms with Crippen LogP contribution in [0.15, 0.2) is 97.2 Å². The molecule has 0 aliphatic heterocycles. The average molecular weight is 1000 g/mol. The number of carbonyl (C=O) groups excluding carboxylic acids is 3. The summed E-state index contributed by atoms with van der Waals surface area (Å²) < 4.78 is 16.9. The van der Waals surface area contributed by atoms with Crippen LogP contribution >= 0.6 is 0 Å². The molecule has 1 atom stereocenters. The van der Waals surface area contributed by atoms with Crippen molar-refractivity contribution in [2.45, 2.75) is 290 Å². The third-order valence-electron chi connectivity index (χ3n) is 12.8. The van der Waals surface area contributed by atoms with Gasteiger partial charge in [0.25, 0.3) is 0 Å². The number of esters is 3. The molecular formula is C66H112O6. The second-order valence-electron chi connectivity index (χ2n) is 19.9. The van der Waals surface area contributed by atoms with Gasteiger partial charge in [0, 0.05) is 19.3 Å². The normalized spacial score (nSPS) is 12.8. The molecule has 0 N–H and O–H groups in total. The van der Waals surface area contributed by atoms with Crippen LogP contribution in [0.2, 0.25) is 0 Å². The maximum atomic E-state index is 12.9. The number of hydrogen-bond donors (Lipinski definition) is 0. The Kier molecular flexibility index (Phi) is 56.8. The van der Waals surface area contributed by atoms with Crippen LogP contribution in [0.3, 0.4) is 0 Å². The Labute approximate surface area is 445 Å². The van der Waals surface area contributed by atoms with E-state index in [0.717, 1.165) is 116 Å². The van der Waals surface area contributed by atoms with Gasteiger partial charge < -0.3 is 14.2 Å². The second kappa shape index (κ2) is 59.9. The lowest BCUT2D eigenvalue weighted by atomic mass is 10.1. The topological polar surface area (TPSA) is 78.9 Å². The van der Waals surface area contributed by atoms with Crippen molar-refractivity contribution in [3.63, 3.8) is 0 Å². The highest BCUT2D eigenvalue weighted by molar-refractivity contribution is 5.71. The number of hydrogen-bond acceptors (Lipinski definition) is 6. The molecule has 0 aliphatic carbocycles. The van der Waals surface area contributed by atoms with Gasteiger partial charge in [-0.25, -0.2) is 0 Å². The van der Waals surface area contributed by atoms with Gasteiger partial charge in [-0.3, -0.25) is 14.4 Å². The van der Waals surface area contributed by atoms with Crippen molar-refractivity contribution < 1.29 is 28.6 Å². The van der Waals surface area contributed by atoms with E-state index in [1.54, 1.807) is 0 Å². The molecule has 0 saturated heterocycles. The summed E-state index contributed by atoms with van der Waals surface area (Å²) in [5.74, 6) is -0.914. The molecule has 0 aromatic heterocycles. The van der Waals surface area contributed by atoms with Crippen LogP contribution in [0, 0.1) is 0 Å². The van der Waals surface area contributed by atoms with Crippen molar-refractivity contribution in [2.24, 2.45) is 0 Å². The van der Waals surface area contributed by atoms with Crippen molar-refractivity contribution in [2.75, 3.05) is 13.2 Å². The van der Waals surface area contributed by atoms with Crippen LogP contribution in [0.5, 0.6) is 0 Å². The van der Waals surface area contributed by atoms with Crippen molar-refractivity contribution in [1.82, 2.24) is 0 Å². The summed E-state index contributed by atoms with van der Waals surface area (Å²) in [6, 6.07) is 0. The summed E-state index contributed by atoms with van der Waals surface area (Å²) in [4.78, 5) is 38.3. The summed E-state index contributed by atoms with van der Waals surface area (Å²) in [5.41, 5.74) is 0. The van der Waals surface area contributed by atoms with Crippen molar-refractivity contribution in [3.05, 3.63) is 97.2 Å². The quantitative estimate of drug-likeness (QED) is 0.0261. The Morgan fingerprint density at radius 1 is 0.292 bits per heavy atom. The molecule has 0 aromatic carbocycles. The standard InChI is InChI=1S/C66H112O6/c1-4-7-10-13-16-19-22-25-28-31-33-36-38-41-44-47-50-53-56-59-65(68)71-62-63(61-70-64(67)58-55-52-49-46-43-40-37-34-30-27-24-21-18-15-12-9-6-3)72-66(69)60-57-54-51-48-45-42-39-35-32-29-26-23-20-17-14-11-8-5-2/h9,12,16,18-21,23,25,27-30,32-33,36,63H,4-8,10-11,13-15,17,22,24,26,31,34-35,37-62H2,1-3H3/b12-9-,19-16-,21-18-,23-20-,28-25-,30-27-,32-29-,36-33-. The molecule has 0 heterocycles. The molecule has 0 spiro atoms.